The van der Waals surface area contributed by atoms with E-state index in [2.05, 4.69) is 61.0 Å². The number of aryl methyl sites for hydroxylation is 1. The number of anilines is 2. The summed E-state index contributed by atoms with van der Waals surface area (Å²) in [5.41, 5.74) is 7.34. The second-order valence-electron chi connectivity index (χ2n) is 10.1. The number of carbonyl (C=O) groups excluding carboxylic acids is 2. The number of nitrogens with zero attached hydrogens (tertiary/aromatic N) is 3. The van der Waals surface area contributed by atoms with Gasteiger partial charge in [0.25, 0.3) is 0 Å². The molecule has 1 fully saturated rings. The Balaban J connectivity index is 1.75. The molecule has 0 radical (unpaired) electrons. The van der Waals surface area contributed by atoms with Crippen molar-refractivity contribution in [3.8, 4) is 0 Å². The van der Waals surface area contributed by atoms with Gasteiger partial charge in [-0.3, -0.25) is 9.59 Å². The molecule has 2 aliphatic heterocycles. The maximum atomic E-state index is 11.9. The number of amides is 1. The van der Waals surface area contributed by atoms with Crippen LogP contribution in [0.25, 0.3) is 0 Å². The molecule has 4 rings (SSSR count). The Morgan fingerprint density at radius 2 is 1.79 bits per heavy atom. The van der Waals surface area contributed by atoms with Gasteiger partial charge in [-0.25, -0.2) is 0 Å². The smallest absolute Gasteiger partial charge is 0.219 e. The molecule has 2 aliphatic rings. The van der Waals surface area contributed by atoms with Gasteiger partial charge in [0.2, 0.25) is 5.91 Å². The average Bonchev–Trinajstić information content (AvgIpc) is 2.84. The summed E-state index contributed by atoms with van der Waals surface area (Å²) in [6.07, 6.45) is 6.19. The predicted molar refractivity (Wildman–Crippen MR) is 140 cm³/mol. The van der Waals surface area contributed by atoms with Crippen molar-refractivity contribution in [2.24, 2.45) is 0 Å². The van der Waals surface area contributed by atoms with Crippen molar-refractivity contribution in [3.63, 3.8) is 0 Å². The zero-order chi connectivity index (χ0) is 24.2. The lowest BCUT2D eigenvalue weighted by atomic mass is 9.85. The molecule has 0 aromatic heterocycles. The van der Waals surface area contributed by atoms with Crippen LogP contribution < -0.4 is 9.80 Å². The van der Waals surface area contributed by atoms with Gasteiger partial charge >= 0.3 is 0 Å². The average molecular weight is 462 g/mol. The second-order valence-corrected chi connectivity index (χ2v) is 10.1. The Morgan fingerprint density at radius 1 is 1.03 bits per heavy atom. The topological polar surface area (TPSA) is 43.9 Å². The van der Waals surface area contributed by atoms with Crippen molar-refractivity contribution in [2.75, 3.05) is 43.0 Å². The van der Waals surface area contributed by atoms with E-state index in [0.29, 0.717) is 12.0 Å². The molecule has 2 heterocycles. The summed E-state index contributed by atoms with van der Waals surface area (Å²) in [4.78, 5) is 30.4. The van der Waals surface area contributed by atoms with Crippen LogP contribution in [-0.2, 0) is 11.2 Å². The molecule has 2 aromatic carbocycles. The number of piperidine rings is 1. The first-order chi connectivity index (χ1) is 16.4. The van der Waals surface area contributed by atoms with E-state index in [4.69, 9.17) is 0 Å². The Bertz CT molecular complexity index is 1030. The number of aldehydes is 1. The molecule has 1 saturated heterocycles. The van der Waals surface area contributed by atoms with E-state index in [9.17, 15) is 9.59 Å². The number of hydrogen-bond donors (Lipinski definition) is 0. The van der Waals surface area contributed by atoms with Gasteiger partial charge in [0.15, 0.2) is 0 Å². The van der Waals surface area contributed by atoms with Crippen LogP contribution in [-0.4, -0.2) is 56.4 Å². The highest BCUT2D eigenvalue weighted by Gasteiger charge is 2.29. The number of likely N-dealkylation sites (N-methyl/N-ethyl adjacent to an activating group) is 1. The Morgan fingerprint density at radius 3 is 2.47 bits per heavy atom. The SMILES string of the molecule is CCCC1Cc2ccc(C)cc2N(C2CCN(C(C)=O)CC2)CCN(C)c2cc(C=O)ccc21. The van der Waals surface area contributed by atoms with Crippen molar-refractivity contribution < 1.29 is 9.59 Å². The quantitative estimate of drug-likeness (QED) is 0.587. The van der Waals surface area contributed by atoms with Gasteiger partial charge in [-0.1, -0.05) is 37.6 Å². The number of likely N-dealkylation sites (tertiary alicyclic amines) is 1. The fraction of sp³-hybridized carbons (Fsp3) is 0.517. The molecule has 0 bridgehead atoms. The molecule has 5 heteroatoms. The van der Waals surface area contributed by atoms with Gasteiger partial charge in [-0.15, -0.1) is 0 Å². The maximum absolute atomic E-state index is 11.9. The molecule has 5 nitrogen and oxygen atoms in total. The number of hydrogen-bond acceptors (Lipinski definition) is 4. The summed E-state index contributed by atoms with van der Waals surface area (Å²) in [5, 5.41) is 0. The maximum Gasteiger partial charge on any atom is 0.219 e. The van der Waals surface area contributed by atoms with E-state index in [-0.39, 0.29) is 5.91 Å². The molecule has 182 valence electrons. The number of carbonyl (C=O) groups is 2. The normalized spacial score (nSPS) is 19.4. The fourth-order valence-corrected chi connectivity index (χ4v) is 5.78. The zero-order valence-electron chi connectivity index (χ0n) is 21.2. The minimum absolute atomic E-state index is 0.181. The summed E-state index contributed by atoms with van der Waals surface area (Å²) < 4.78 is 0. The largest absolute Gasteiger partial charge is 0.373 e. The molecule has 34 heavy (non-hydrogen) atoms. The van der Waals surface area contributed by atoms with Crippen LogP contribution in [0.15, 0.2) is 36.4 Å². The lowest BCUT2D eigenvalue weighted by Gasteiger charge is -2.42. The van der Waals surface area contributed by atoms with Crippen LogP contribution in [0.1, 0.15) is 72.5 Å². The van der Waals surface area contributed by atoms with Crippen LogP contribution in [0.4, 0.5) is 11.4 Å². The van der Waals surface area contributed by atoms with Gasteiger partial charge in [-0.2, -0.15) is 0 Å². The van der Waals surface area contributed by atoms with Crippen molar-refractivity contribution in [3.05, 3.63) is 58.7 Å². The Hall–Kier alpha value is -2.82. The van der Waals surface area contributed by atoms with Crippen LogP contribution in [0.2, 0.25) is 0 Å². The summed E-state index contributed by atoms with van der Waals surface area (Å²) >= 11 is 0. The molecule has 0 N–H and O–H groups in total. The van der Waals surface area contributed by atoms with Gasteiger partial charge < -0.3 is 14.7 Å². The molecule has 1 atom stereocenters. The van der Waals surface area contributed by atoms with Crippen LogP contribution in [0.3, 0.4) is 0 Å². The van der Waals surface area contributed by atoms with Gasteiger partial charge in [0.1, 0.15) is 6.29 Å². The highest BCUT2D eigenvalue weighted by molar-refractivity contribution is 5.78. The Labute approximate surface area is 204 Å². The molecule has 2 aromatic rings. The minimum Gasteiger partial charge on any atom is -0.373 e. The summed E-state index contributed by atoms with van der Waals surface area (Å²) in [6.45, 7) is 9.58. The van der Waals surface area contributed by atoms with E-state index in [1.807, 2.05) is 11.0 Å². The van der Waals surface area contributed by atoms with E-state index in [1.54, 1.807) is 6.92 Å². The summed E-state index contributed by atoms with van der Waals surface area (Å²) in [5.74, 6) is 0.587. The third-order valence-electron chi connectivity index (χ3n) is 7.72. The van der Waals surface area contributed by atoms with Gasteiger partial charge in [0, 0.05) is 63.1 Å². The first kappa shape index (κ1) is 24.3. The number of rotatable bonds is 4. The highest BCUT2D eigenvalue weighted by Crippen LogP contribution is 2.38. The highest BCUT2D eigenvalue weighted by atomic mass is 16.2. The first-order valence-electron chi connectivity index (χ1n) is 12.8. The first-order valence-corrected chi connectivity index (χ1v) is 12.8. The van der Waals surface area contributed by atoms with E-state index in [1.165, 1.54) is 28.1 Å². The lowest BCUT2D eigenvalue weighted by molar-refractivity contribution is -0.129. The molecule has 1 unspecified atom stereocenters. The van der Waals surface area contributed by atoms with Crippen molar-refractivity contribution in [1.29, 1.82) is 0 Å². The molecule has 0 spiro atoms. The van der Waals surface area contributed by atoms with Gasteiger partial charge in [-0.05, 0) is 67.3 Å². The van der Waals surface area contributed by atoms with Crippen molar-refractivity contribution >= 4 is 23.6 Å². The summed E-state index contributed by atoms with van der Waals surface area (Å²) in [7, 11) is 2.16. The van der Waals surface area contributed by atoms with Crippen LogP contribution in [0, 0.1) is 6.92 Å². The molecular weight excluding hydrogens is 422 g/mol. The fourth-order valence-electron chi connectivity index (χ4n) is 5.78. The molecular formula is C29H39N3O2. The zero-order valence-corrected chi connectivity index (χ0v) is 21.2. The number of fused-ring (bicyclic) bond motifs is 2. The third kappa shape index (κ3) is 5.13. The van der Waals surface area contributed by atoms with Crippen molar-refractivity contribution in [2.45, 2.75) is 64.8 Å². The second kappa shape index (κ2) is 10.6. The summed E-state index contributed by atoms with van der Waals surface area (Å²) in [6, 6.07) is 13.6. The Kier molecular flexibility index (Phi) is 7.60. The monoisotopic (exact) mass is 461 g/mol. The van der Waals surface area contributed by atoms with Crippen LogP contribution in [0.5, 0.6) is 0 Å². The molecule has 0 saturated carbocycles. The van der Waals surface area contributed by atoms with E-state index < -0.39 is 0 Å². The minimum atomic E-state index is 0.181. The predicted octanol–water partition coefficient (Wildman–Crippen LogP) is 5.20. The number of benzene rings is 2. The van der Waals surface area contributed by atoms with Gasteiger partial charge in [0.05, 0.1) is 0 Å². The molecule has 0 aliphatic carbocycles. The van der Waals surface area contributed by atoms with E-state index >= 15 is 0 Å². The standard InChI is InChI=1S/C29H39N3O2/c1-5-6-24-19-25-9-7-21(2)17-28(25)32(26-11-13-31(14-12-26)22(3)34)16-15-30(4)29-18-23(20-33)8-10-27(24)29/h7-10,17-18,20,24,26H,5-6,11-16,19H2,1-4H3. The third-order valence-corrected chi connectivity index (χ3v) is 7.72. The molecule has 1 amide bonds. The van der Waals surface area contributed by atoms with E-state index in [0.717, 1.165) is 70.1 Å². The van der Waals surface area contributed by atoms with Crippen LogP contribution >= 0.6 is 0 Å². The van der Waals surface area contributed by atoms with Crippen molar-refractivity contribution in [1.82, 2.24) is 4.90 Å². The lowest BCUT2D eigenvalue weighted by Crippen LogP contribution is -2.48.